The molecule has 0 atom stereocenters. The smallest absolute Gasteiger partial charge is 0.124 e. The molecule has 1 heterocycles. The summed E-state index contributed by atoms with van der Waals surface area (Å²) in [6.45, 7) is 4.01. The third-order valence-electron chi connectivity index (χ3n) is 3.66. The highest BCUT2D eigenvalue weighted by Gasteiger charge is 2.13. The maximum Gasteiger partial charge on any atom is 0.124 e. The fourth-order valence-electron chi connectivity index (χ4n) is 2.53. The number of aryl methyl sites for hydroxylation is 1. The summed E-state index contributed by atoms with van der Waals surface area (Å²) in [6.07, 6.45) is 3.27. The molecule has 1 aliphatic heterocycles. The second kappa shape index (κ2) is 6.86. The van der Waals surface area contributed by atoms with Crippen LogP contribution in [0, 0.1) is 12.7 Å². The maximum absolute atomic E-state index is 13.2. The third kappa shape index (κ3) is 3.54. The summed E-state index contributed by atoms with van der Waals surface area (Å²) in [4.78, 5) is 2.04. The maximum atomic E-state index is 13.2. The molecule has 2 aromatic rings. The summed E-state index contributed by atoms with van der Waals surface area (Å²) in [5.74, 6) is -0.306. The van der Waals surface area contributed by atoms with E-state index in [0.717, 1.165) is 29.3 Å². The van der Waals surface area contributed by atoms with E-state index in [1.54, 1.807) is 17.8 Å². The van der Waals surface area contributed by atoms with Gasteiger partial charge in [0.15, 0.2) is 0 Å². The Hall–Kier alpha value is -1.29. The lowest BCUT2D eigenvalue weighted by molar-refractivity contribution is 0.626. The minimum atomic E-state index is -0.306. The quantitative estimate of drug-likeness (QED) is 0.816. The SMILES string of the molecule is Cc1ccc(Sc2ccc(F)cc2Cl)c(C2=CCNCC2)c1. The van der Waals surface area contributed by atoms with Gasteiger partial charge < -0.3 is 5.32 Å². The van der Waals surface area contributed by atoms with Crippen molar-refractivity contribution in [2.24, 2.45) is 0 Å². The molecule has 0 bridgehead atoms. The van der Waals surface area contributed by atoms with Gasteiger partial charge >= 0.3 is 0 Å². The molecule has 0 fully saturated rings. The molecule has 1 nitrogen and oxygen atoms in total. The molecule has 0 aromatic heterocycles. The second-order valence-corrected chi connectivity index (χ2v) is 6.85. The Morgan fingerprint density at radius 1 is 1.14 bits per heavy atom. The number of benzene rings is 2. The van der Waals surface area contributed by atoms with Crippen LogP contribution in [0.4, 0.5) is 4.39 Å². The topological polar surface area (TPSA) is 12.0 Å². The highest BCUT2D eigenvalue weighted by Crippen LogP contribution is 2.38. The Morgan fingerprint density at radius 3 is 2.68 bits per heavy atom. The highest BCUT2D eigenvalue weighted by molar-refractivity contribution is 7.99. The molecule has 3 rings (SSSR count). The van der Waals surface area contributed by atoms with Gasteiger partial charge in [-0.15, -0.1) is 0 Å². The number of hydrogen-bond acceptors (Lipinski definition) is 2. The van der Waals surface area contributed by atoms with Crippen molar-refractivity contribution in [2.75, 3.05) is 13.1 Å². The summed E-state index contributed by atoms with van der Waals surface area (Å²) >= 11 is 7.76. The molecule has 1 N–H and O–H groups in total. The molecule has 4 heteroatoms. The summed E-state index contributed by atoms with van der Waals surface area (Å²) in [5, 5.41) is 3.79. The van der Waals surface area contributed by atoms with Crippen LogP contribution in [0.5, 0.6) is 0 Å². The third-order valence-corrected chi connectivity index (χ3v) is 5.24. The Kier molecular flexibility index (Phi) is 4.87. The largest absolute Gasteiger partial charge is 0.313 e. The summed E-state index contributed by atoms with van der Waals surface area (Å²) in [6, 6.07) is 11.0. The lowest BCUT2D eigenvalue weighted by Crippen LogP contribution is -2.20. The first-order chi connectivity index (χ1) is 10.6. The van der Waals surface area contributed by atoms with Gasteiger partial charge in [-0.3, -0.25) is 0 Å². The van der Waals surface area contributed by atoms with Crippen LogP contribution in [0.15, 0.2) is 52.3 Å². The van der Waals surface area contributed by atoms with E-state index < -0.39 is 0 Å². The molecular formula is C18H17ClFNS. The van der Waals surface area contributed by atoms with Crippen molar-refractivity contribution in [3.63, 3.8) is 0 Å². The Balaban J connectivity index is 1.98. The van der Waals surface area contributed by atoms with Crippen LogP contribution in [0.3, 0.4) is 0 Å². The minimum absolute atomic E-state index is 0.306. The standard InChI is InChI=1S/C18H17ClFNS/c1-12-2-4-17(15(10-12)13-6-8-21-9-7-13)22-18-5-3-14(20)11-16(18)19/h2-6,10-11,21H,7-9H2,1H3. The van der Waals surface area contributed by atoms with Crippen LogP contribution in [-0.4, -0.2) is 13.1 Å². The number of rotatable bonds is 3. The fourth-order valence-corrected chi connectivity index (χ4v) is 3.78. The molecular weight excluding hydrogens is 317 g/mol. The molecule has 114 valence electrons. The molecule has 2 aromatic carbocycles. The summed E-state index contributed by atoms with van der Waals surface area (Å²) < 4.78 is 13.2. The normalized spacial score (nSPS) is 14.8. The molecule has 0 saturated carbocycles. The summed E-state index contributed by atoms with van der Waals surface area (Å²) in [5.41, 5.74) is 3.86. The van der Waals surface area contributed by atoms with Crippen LogP contribution >= 0.6 is 23.4 Å². The molecule has 0 saturated heterocycles. The van der Waals surface area contributed by atoms with Crippen molar-refractivity contribution in [3.05, 3.63) is 64.4 Å². The van der Waals surface area contributed by atoms with Crippen molar-refractivity contribution >= 4 is 28.9 Å². The predicted octanol–water partition coefficient (Wildman–Crippen LogP) is 5.32. The lowest BCUT2D eigenvalue weighted by Gasteiger charge is -2.18. The zero-order valence-electron chi connectivity index (χ0n) is 12.3. The van der Waals surface area contributed by atoms with Crippen molar-refractivity contribution in [2.45, 2.75) is 23.1 Å². The van der Waals surface area contributed by atoms with E-state index in [1.165, 1.54) is 28.8 Å². The van der Waals surface area contributed by atoms with Gasteiger partial charge in [0.1, 0.15) is 5.82 Å². The monoisotopic (exact) mass is 333 g/mol. The molecule has 0 unspecified atom stereocenters. The van der Waals surface area contributed by atoms with Gasteiger partial charge in [0.05, 0.1) is 5.02 Å². The van der Waals surface area contributed by atoms with Gasteiger partial charge in [0, 0.05) is 16.3 Å². The van der Waals surface area contributed by atoms with E-state index in [1.807, 2.05) is 0 Å². The van der Waals surface area contributed by atoms with E-state index in [-0.39, 0.29) is 5.82 Å². The van der Waals surface area contributed by atoms with Crippen LogP contribution in [0.1, 0.15) is 17.5 Å². The second-order valence-electron chi connectivity index (χ2n) is 5.36. The number of nitrogens with one attached hydrogen (secondary N) is 1. The van der Waals surface area contributed by atoms with Gasteiger partial charge in [-0.05, 0) is 55.3 Å². The zero-order chi connectivity index (χ0) is 15.5. The van der Waals surface area contributed by atoms with Crippen LogP contribution in [0.2, 0.25) is 5.02 Å². The van der Waals surface area contributed by atoms with Crippen molar-refractivity contribution < 1.29 is 4.39 Å². The van der Waals surface area contributed by atoms with Crippen LogP contribution in [-0.2, 0) is 0 Å². The average Bonchev–Trinajstić information content (AvgIpc) is 2.52. The van der Waals surface area contributed by atoms with Crippen molar-refractivity contribution in [1.82, 2.24) is 5.32 Å². The zero-order valence-corrected chi connectivity index (χ0v) is 13.9. The van der Waals surface area contributed by atoms with E-state index in [2.05, 4.69) is 36.5 Å². The molecule has 0 amide bonds. The molecule has 1 aliphatic rings. The molecule has 0 aliphatic carbocycles. The van der Waals surface area contributed by atoms with E-state index in [0.29, 0.717) is 5.02 Å². The van der Waals surface area contributed by atoms with Crippen LogP contribution in [0.25, 0.3) is 5.57 Å². The molecule has 0 spiro atoms. The Bertz CT molecular complexity index is 727. The van der Waals surface area contributed by atoms with E-state index in [4.69, 9.17) is 11.6 Å². The molecule has 22 heavy (non-hydrogen) atoms. The molecule has 0 radical (unpaired) electrons. The van der Waals surface area contributed by atoms with Crippen molar-refractivity contribution in [3.8, 4) is 0 Å². The summed E-state index contributed by atoms with van der Waals surface area (Å²) in [7, 11) is 0. The van der Waals surface area contributed by atoms with Gasteiger partial charge in [-0.2, -0.15) is 0 Å². The predicted molar refractivity (Wildman–Crippen MR) is 92.2 cm³/mol. The highest BCUT2D eigenvalue weighted by atomic mass is 35.5. The van der Waals surface area contributed by atoms with E-state index >= 15 is 0 Å². The van der Waals surface area contributed by atoms with Gasteiger partial charge in [0.25, 0.3) is 0 Å². The Morgan fingerprint density at radius 2 is 1.95 bits per heavy atom. The first-order valence-electron chi connectivity index (χ1n) is 7.27. The number of hydrogen-bond donors (Lipinski definition) is 1. The van der Waals surface area contributed by atoms with Gasteiger partial charge in [0.2, 0.25) is 0 Å². The lowest BCUT2D eigenvalue weighted by atomic mass is 9.99. The first-order valence-corrected chi connectivity index (χ1v) is 8.46. The minimum Gasteiger partial charge on any atom is -0.313 e. The Labute approximate surface area is 139 Å². The fraction of sp³-hybridized carbons (Fsp3) is 0.222. The number of halogens is 2. The first kappa shape index (κ1) is 15.6. The van der Waals surface area contributed by atoms with Crippen LogP contribution < -0.4 is 5.32 Å². The van der Waals surface area contributed by atoms with Gasteiger partial charge in [-0.25, -0.2) is 4.39 Å². The average molecular weight is 334 g/mol. The van der Waals surface area contributed by atoms with E-state index in [9.17, 15) is 4.39 Å². The van der Waals surface area contributed by atoms with Crippen molar-refractivity contribution in [1.29, 1.82) is 0 Å². The van der Waals surface area contributed by atoms with Gasteiger partial charge in [-0.1, -0.05) is 47.1 Å².